The predicted molar refractivity (Wildman–Crippen MR) is 89.2 cm³/mol. The Morgan fingerprint density at radius 2 is 1.70 bits per heavy atom. The van der Waals surface area contributed by atoms with E-state index >= 15 is 0 Å². The Balaban J connectivity index is 1.64. The number of amides is 2. The molecular weight excluding hydrogens is 310 g/mol. The summed E-state index contributed by atoms with van der Waals surface area (Å²) in [5.41, 5.74) is 1.28. The van der Waals surface area contributed by atoms with E-state index in [-0.39, 0.29) is 11.7 Å². The molecule has 0 spiro atoms. The van der Waals surface area contributed by atoms with Crippen molar-refractivity contribution in [1.82, 2.24) is 15.3 Å². The van der Waals surface area contributed by atoms with Crippen LogP contribution in [0.5, 0.6) is 0 Å². The molecule has 1 aromatic heterocycles. The van der Waals surface area contributed by atoms with E-state index in [1.54, 1.807) is 24.3 Å². The summed E-state index contributed by atoms with van der Waals surface area (Å²) in [5.74, 6) is -0.644. The van der Waals surface area contributed by atoms with Gasteiger partial charge in [0.05, 0.1) is 11.3 Å². The van der Waals surface area contributed by atoms with Crippen LogP contribution in [0.1, 0.15) is 10.4 Å². The monoisotopic (exact) mass is 323 g/mol. The first kappa shape index (κ1) is 15.2. The number of carbonyl (C=O) groups is 2. The fourth-order valence-corrected chi connectivity index (χ4v) is 2.84. The lowest BCUT2D eigenvalue weighted by molar-refractivity contribution is -0.117. The third kappa shape index (κ3) is 3.73. The van der Waals surface area contributed by atoms with Crippen molar-refractivity contribution in [3.63, 3.8) is 0 Å². The molecule has 0 saturated heterocycles. The van der Waals surface area contributed by atoms with Gasteiger partial charge in [0.1, 0.15) is 11.4 Å². The number of hydrogen-bond donors (Lipinski definition) is 1. The summed E-state index contributed by atoms with van der Waals surface area (Å²) < 4.78 is 0. The third-order valence-corrected chi connectivity index (χ3v) is 4.14. The Morgan fingerprint density at radius 1 is 0.957 bits per heavy atom. The Hall–Kier alpha value is -2.73. The number of carbonyl (C=O) groups excluding carboxylic acids is 2. The number of rotatable bonds is 4. The van der Waals surface area contributed by atoms with Gasteiger partial charge < -0.3 is 0 Å². The van der Waals surface area contributed by atoms with Gasteiger partial charge in [0, 0.05) is 10.9 Å². The minimum absolute atomic E-state index is 0.111. The van der Waals surface area contributed by atoms with Crippen molar-refractivity contribution in [2.24, 2.45) is 0 Å². The number of para-hydroxylation sites is 1. The van der Waals surface area contributed by atoms with E-state index in [2.05, 4.69) is 15.3 Å². The number of benzene rings is 2. The van der Waals surface area contributed by atoms with Gasteiger partial charge in [0.2, 0.25) is 5.91 Å². The van der Waals surface area contributed by atoms with Crippen molar-refractivity contribution < 1.29 is 9.59 Å². The molecule has 3 aromatic rings. The Kier molecular flexibility index (Phi) is 4.63. The molecule has 3 rings (SSSR count). The van der Waals surface area contributed by atoms with Crippen molar-refractivity contribution in [2.45, 2.75) is 5.03 Å². The zero-order chi connectivity index (χ0) is 16.1. The van der Waals surface area contributed by atoms with E-state index in [1.807, 2.05) is 30.3 Å². The van der Waals surface area contributed by atoms with Gasteiger partial charge in [-0.25, -0.2) is 9.97 Å². The molecule has 1 heterocycles. The molecule has 0 bridgehead atoms. The number of nitrogens with one attached hydrogen (secondary N) is 1. The number of aromatic nitrogens is 2. The number of imide groups is 1. The quantitative estimate of drug-likeness (QED) is 0.590. The van der Waals surface area contributed by atoms with Gasteiger partial charge in [0.25, 0.3) is 5.91 Å². The first-order valence-electron chi connectivity index (χ1n) is 6.96. The summed E-state index contributed by atoms with van der Waals surface area (Å²) >= 11 is 1.28. The van der Waals surface area contributed by atoms with Crippen LogP contribution in [0.25, 0.3) is 10.9 Å². The lowest BCUT2D eigenvalue weighted by Gasteiger charge is -2.05. The van der Waals surface area contributed by atoms with Gasteiger partial charge in [0.15, 0.2) is 0 Å². The van der Waals surface area contributed by atoms with Crippen LogP contribution in [-0.4, -0.2) is 27.5 Å². The molecule has 23 heavy (non-hydrogen) atoms. The van der Waals surface area contributed by atoms with Crippen LogP contribution in [0.2, 0.25) is 0 Å². The first-order chi connectivity index (χ1) is 11.2. The number of fused-ring (bicyclic) bond motifs is 1. The average Bonchev–Trinajstić information content (AvgIpc) is 2.60. The lowest BCUT2D eigenvalue weighted by Crippen LogP contribution is -2.31. The molecule has 0 unspecified atom stereocenters. The second kappa shape index (κ2) is 7.02. The molecule has 114 valence electrons. The standard InChI is InChI=1S/C17H13N3O2S/c21-15(20-16(22)12-6-2-1-3-7-12)10-23-17-13-8-4-5-9-14(13)18-11-19-17/h1-9,11H,10H2,(H,20,21,22). The molecule has 6 heteroatoms. The van der Waals surface area contributed by atoms with E-state index in [1.165, 1.54) is 18.1 Å². The Labute approximate surface area is 137 Å². The molecule has 0 aliphatic heterocycles. The Morgan fingerprint density at radius 3 is 2.52 bits per heavy atom. The highest BCUT2D eigenvalue weighted by Gasteiger charge is 2.11. The van der Waals surface area contributed by atoms with Crippen LogP contribution in [-0.2, 0) is 4.79 Å². The van der Waals surface area contributed by atoms with E-state index < -0.39 is 5.91 Å². The molecule has 0 fully saturated rings. The number of thioether (sulfide) groups is 1. The number of hydrogen-bond acceptors (Lipinski definition) is 5. The minimum atomic E-state index is -0.399. The summed E-state index contributed by atoms with van der Waals surface area (Å²) in [6.07, 6.45) is 1.47. The highest BCUT2D eigenvalue weighted by Crippen LogP contribution is 2.23. The van der Waals surface area contributed by atoms with Crippen molar-refractivity contribution in [3.05, 3.63) is 66.5 Å². The summed E-state index contributed by atoms with van der Waals surface area (Å²) in [5, 5.41) is 3.98. The molecular formula is C17H13N3O2S. The third-order valence-electron chi connectivity index (χ3n) is 3.14. The summed E-state index contributed by atoms with van der Waals surface area (Å²) in [6.45, 7) is 0. The van der Waals surface area contributed by atoms with E-state index in [4.69, 9.17) is 0 Å². The van der Waals surface area contributed by atoms with Crippen molar-refractivity contribution in [3.8, 4) is 0 Å². The molecule has 0 aliphatic rings. The molecule has 0 radical (unpaired) electrons. The molecule has 5 nitrogen and oxygen atoms in total. The maximum Gasteiger partial charge on any atom is 0.257 e. The molecule has 0 aliphatic carbocycles. The largest absolute Gasteiger partial charge is 0.292 e. The predicted octanol–water partition coefficient (Wildman–Crippen LogP) is 2.68. The van der Waals surface area contributed by atoms with Gasteiger partial charge >= 0.3 is 0 Å². The van der Waals surface area contributed by atoms with Gasteiger partial charge in [-0.15, -0.1) is 0 Å². The second-order valence-corrected chi connectivity index (χ2v) is 5.69. The number of nitrogens with zero attached hydrogens (tertiary/aromatic N) is 2. The molecule has 1 N–H and O–H groups in total. The summed E-state index contributed by atoms with van der Waals surface area (Å²) in [4.78, 5) is 32.2. The average molecular weight is 323 g/mol. The highest BCUT2D eigenvalue weighted by molar-refractivity contribution is 8.00. The van der Waals surface area contributed by atoms with Crippen molar-refractivity contribution in [1.29, 1.82) is 0 Å². The van der Waals surface area contributed by atoms with Crippen LogP contribution in [0.15, 0.2) is 66.0 Å². The summed E-state index contributed by atoms with van der Waals surface area (Å²) in [6, 6.07) is 16.2. The van der Waals surface area contributed by atoms with Gasteiger partial charge in [-0.1, -0.05) is 48.2 Å². The highest BCUT2D eigenvalue weighted by atomic mass is 32.2. The van der Waals surface area contributed by atoms with E-state index in [0.717, 1.165) is 15.9 Å². The van der Waals surface area contributed by atoms with E-state index in [9.17, 15) is 9.59 Å². The summed E-state index contributed by atoms with van der Waals surface area (Å²) in [7, 11) is 0. The van der Waals surface area contributed by atoms with Crippen LogP contribution in [0.4, 0.5) is 0 Å². The van der Waals surface area contributed by atoms with Crippen LogP contribution in [0.3, 0.4) is 0 Å². The fourth-order valence-electron chi connectivity index (χ4n) is 2.05. The molecule has 2 aromatic carbocycles. The molecule has 2 amide bonds. The lowest BCUT2D eigenvalue weighted by atomic mass is 10.2. The fraction of sp³-hybridized carbons (Fsp3) is 0.0588. The van der Waals surface area contributed by atoms with Gasteiger partial charge in [-0.05, 0) is 18.2 Å². The minimum Gasteiger partial charge on any atom is -0.292 e. The maximum absolute atomic E-state index is 11.9. The maximum atomic E-state index is 11.9. The second-order valence-electron chi connectivity index (χ2n) is 4.73. The SMILES string of the molecule is O=C(CSc1ncnc2ccccc12)NC(=O)c1ccccc1. The van der Waals surface area contributed by atoms with Gasteiger partial charge in [-0.3, -0.25) is 14.9 Å². The van der Waals surface area contributed by atoms with E-state index in [0.29, 0.717) is 5.56 Å². The Bertz CT molecular complexity index is 847. The zero-order valence-corrected chi connectivity index (χ0v) is 12.9. The van der Waals surface area contributed by atoms with Crippen molar-refractivity contribution in [2.75, 3.05) is 5.75 Å². The topological polar surface area (TPSA) is 72.0 Å². The normalized spacial score (nSPS) is 10.4. The van der Waals surface area contributed by atoms with Crippen LogP contribution in [0, 0.1) is 0 Å². The van der Waals surface area contributed by atoms with Crippen LogP contribution >= 0.6 is 11.8 Å². The van der Waals surface area contributed by atoms with Crippen molar-refractivity contribution >= 4 is 34.5 Å². The van der Waals surface area contributed by atoms with Crippen LogP contribution < -0.4 is 5.32 Å². The molecule has 0 saturated carbocycles. The van der Waals surface area contributed by atoms with Gasteiger partial charge in [-0.2, -0.15) is 0 Å². The molecule has 0 atom stereocenters. The first-order valence-corrected chi connectivity index (χ1v) is 7.94. The smallest absolute Gasteiger partial charge is 0.257 e. The zero-order valence-electron chi connectivity index (χ0n) is 12.1.